The Bertz CT molecular complexity index is 755. The summed E-state index contributed by atoms with van der Waals surface area (Å²) in [6.07, 6.45) is 3.70. The van der Waals surface area contributed by atoms with Crippen molar-refractivity contribution in [2.24, 2.45) is 0 Å². The van der Waals surface area contributed by atoms with Crippen LogP contribution in [0.25, 0.3) is 10.9 Å². The zero-order chi connectivity index (χ0) is 16.1. The molecule has 1 atom stereocenters. The Morgan fingerprint density at radius 2 is 1.83 bits per heavy atom. The molecule has 0 amide bonds. The molecule has 118 valence electrons. The Balaban J connectivity index is 1.87. The van der Waals surface area contributed by atoms with E-state index < -0.39 is 0 Å². The number of hydrogen-bond donors (Lipinski definition) is 0. The van der Waals surface area contributed by atoms with E-state index in [1.165, 1.54) is 10.9 Å². The molecule has 0 aliphatic heterocycles. The highest BCUT2D eigenvalue weighted by molar-refractivity contribution is 5.81. The van der Waals surface area contributed by atoms with Crippen LogP contribution in [0.1, 0.15) is 17.3 Å². The van der Waals surface area contributed by atoms with Crippen LogP contribution in [-0.2, 0) is 11.3 Å². The fourth-order valence-corrected chi connectivity index (χ4v) is 2.84. The van der Waals surface area contributed by atoms with Gasteiger partial charge in [-0.15, -0.1) is 0 Å². The van der Waals surface area contributed by atoms with Crippen molar-refractivity contribution in [3.05, 3.63) is 72.2 Å². The predicted molar refractivity (Wildman–Crippen MR) is 92.1 cm³/mol. The first-order valence-corrected chi connectivity index (χ1v) is 7.72. The molecule has 0 aliphatic rings. The Morgan fingerprint density at radius 3 is 2.61 bits per heavy atom. The van der Waals surface area contributed by atoms with Gasteiger partial charge in [0.2, 0.25) is 0 Å². The number of ether oxygens (including phenoxy) is 1. The highest BCUT2D eigenvalue weighted by Crippen LogP contribution is 2.23. The number of rotatable bonds is 6. The maximum atomic E-state index is 5.41. The number of benzene rings is 1. The van der Waals surface area contributed by atoms with Crippen LogP contribution in [0.5, 0.6) is 0 Å². The number of nitrogens with zero attached hydrogens (tertiary/aromatic N) is 3. The summed E-state index contributed by atoms with van der Waals surface area (Å²) in [6, 6.07) is 16.4. The number of fused-ring (bicyclic) bond motifs is 1. The molecule has 4 heteroatoms. The van der Waals surface area contributed by atoms with Crippen molar-refractivity contribution in [2.45, 2.75) is 12.6 Å². The second-order valence-electron chi connectivity index (χ2n) is 5.63. The molecule has 0 fully saturated rings. The highest BCUT2D eigenvalue weighted by atomic mass is 16.5. The molecule has 0 N–H and O–H groups in total. The molecule has 4 nitrogen and oxygen atoms in total. The summed E-state index contributed by atoms with van der Waals surface area (Å²) in [7, 11) is 3.83. The lowest BCUT2D eigenvalue weighted by molar-refractivity contribution is 0.100. The molecule has 0 bridgehead atoms. The number of para-hydroxylation sites is 1. The maximum absolute atomic E-state index is 5.41. The third kappa shape index (κ3) is 3.55. The zero-order valence-electron chi connectivity index (χ0n) is 13.5. The van der Waals surface area contributed by atoms with Gasteiger partial charge in [0, 0.05) is 31.4 Å². The smallest absolute Gasteiger partial charge is 0.0757 e. The second-order valence-corrected chi connectivity index (χ2v) is 5.63. The molecule has 3 rings (SSSR count). The normalized spacial score (nSPS) is 12.7. The number of pyridine rings is 2. The van der Waals surface area contributed by atoms with E-state index in [1.54, 1.807) is 7.11 Å². The molecule has 0 spiro atoms. The average molecular weight is 307 g/mol. The van der Waals surface area contributed by atoms with Gasteiger partial charge in [0.1, 0.15) is 0 Å². The fourth-order valence-electron chi connectivity index (χ4n) is 2.84. The Morgan fingerprint density at radius 1 is 1.00 bits per heavy atom. The Labute approximate surface area is 136 Å². The number of aromatic nitrogens is 2. The molecule has 0 saturated heterocycles. The minimum absolute atomic E-state index is 0.119. The first-order chi connectivity index (χ1) is 11.3. The summed E-state index contributed by atoms with van der Waals surface area (Å²) in [6.45, 7) is 1.42. The lowest BCUT2D eigenvalue weighted by Gasteiger charge is -2.27. The lowest BCUT2D eigenvalue weighted by Crippen LogP contribution is -2.28. The van der Waals surface area contributed by atoms with Crippen LogP contribution in [0.4, 0.5) is 0 Å². The quantitative estimate of drug-likeness (QED) is 0.699. The lowest BCUT2D eigenvalue weighted by atomic mass is 10.1. The largest absolute Gasteiger partial charge is 0.383 e. The summed E-state index contributed by atoms with van der Waals surface area (Å²) in [5.74, 6) is 0. The minimum Gasteiger partial charge on any atom is -0.383 e. The minimum atomic E-state index is 0.119. The van der Waals surface area contributed by atoms with Crippen molar-refractivity contribution in [3.8, 4) is 0 Å². The SMILES string of the molecule is COC[C@H](c1ccccn1)N(C)Cc1ccnc2ccccc12. The van der Waals surface area contributed by atoms with Gasteiger partial charge in [-0.3, -0.25) is 14.9 Å². The summed E-state index contributed by atoms with van der Waals surface area (Å²) in [5.41, 5.74) is 3.31. The van der Waals surface area contributed by atoms with Crippen molar-refractivity contribution in [1.82, 2.24) is 14.9 Å². The van der Waals surface area contributed by atoms with E-state index in [0.717, 1.165) is 17.8 Å². The van der Waals surface area contributed by atoms with Crippen molar-refractivity contribution in [2.75, 3.05) is 20.8 Å². The summed E-state index contributed by atoms with van der Waals surface area (Å²) in [5, 5.41) is 1.19. The molecular formula is C19H21N3O. The number of methoxy groups -OCH3 is 1. The fraction of sp³-hybridized carbons (Fsp3) is 0.263. The number of hydrogen-bond acceptors (Lipinski definition) is 4. The Kier molecular flexibility index (Phi) is 4.95. The van der Waals surface area contributed by atoms with Gasteiger partial charge in [-0.25, -0.2) is 0 Å². The van der Waals surface area contributed by atoms with Crippen molar-refractivity contribution in [3.63, 3.8) is 0 Å². The molecule has 1 aromatic carbocycles. The van der Waals surface area contributed by atoms with Gasteiger partial charge < -0.3 is 4.74 Å². The highest BCUT2D eigenvalue weighted by Gasteiger charge is 2.19. The third-order valence-electron chi connectivity index (χ3n) is 4.04. The summed E-state index contributed by atoms with van der Waals surface area (Å²) >= 11 is 0. The average Bonchev–Trinajstić information content (AvgIpc) is 2.60. The number of likely N-dealkylation sites (N-methyl/N-ethyl adjacent to an activating group) is 1. The van der Waals surface area contributed by atoms with E-state index in [-0.39, 0.29) is 6.04 Å². The van der Waals surface area contributed by atoms with E-state index in [9.17, 15) is 0 Å². The monoisotopic (exact) mass is 307 g/mol. The topological polar surface area (TPSA) is 38.2 Å². The summed E-state index contributed by atoms with van der Waals surface area (Å²) in [4.78, 5) is 11.2. The molecule has 0 aliphatic carbocycles. The molecule has 0 saturated carbocycles. The van der Waals surface area contributed by atoms with Crippen molar-refractivity contribution >= 4 is 10.9 Å². The van der Waals surface area contributed by atoms with Gasteiger partial charge in [0.05, 0.1) is 23.9 Å². The van der Waals surface area contributed by atoms with Crippen LogP contribution in [0.2, 0.25) is 0 Å². The first-order valence-electron chi connectivity index (χ1n) is 7.72. The zero-order valence-corrected chi connectivity index (χ0v) is 13.5. The van der Waals surface area contributed by atoms with Crippen LogP contribution in [0, 0.1) is 0 Å². The van der Waals surface area contributed by atoms with E-state index >= 15 is 0 Å². The van der Waals surface area contributed by atoms with Crippen LogP contribution in [0.3, 0.4) is 0 Å². The van der Waals surface area contributed by atoms with Crippen molar-refractivity contribution in [1.29, 1.82) is 0 Å². The van der Waals surface area contributed by atoms with Crippen molar-refractivity contribution < 1.29 is 4.74 Å². The van der Waals surface area contributed by atoms with Gasteiger partial charge in [-0.1, -0.05) is 24.3 Å². The van der Waals surface area contributed by atoms with Crippen LogP contribution < -0.4 is 0 Å². The van der Waals surface area contributed by atoms with E-state index in [0.29, 0.717) is 6.61 Å². The molecule has 0 radical (unpaired) electrons. The van der Waals surface area contributed by atoms with Crippen LogP contribution >= 0.6 is 0 Å². The van der Waals surface area contributed by atoms with Crippen LogP contribution in [-0.4, -0.2) is 35.6 Å². The molecule has 0 unspecified atom stereocenters. The van der Waals surface area contributed by atoms with Gasteiger partial charge in [-0.05, 0) is 36.9 Å². The van der Waals surface area contributed by atoms with Gasteiger partial charge in [0.25, 0.3) is 0 Å². The van der Waals surface area contributed by atoms with Gasteiger partial charge in [-0.2, -0.15) is 0 Å². The Hall–Kier alpha value is -2.30. The maximum Gasteiger partial charge on any atom is 0.0757 e. The van der Waals surface area contributed by atoms with E-state index in [2.05, 4.69) is 40.1 Å². The van der Waals surface area contributed by atoms with Crippen LogP contribution in [0.15, 0.2) is 60.9 Å². The molecular weight excluding hydrogens is 286 g/mol. The van der Waals surface area contributed by atoms with Gasteiger partial charge in [0.15, 0.2) is 0 Å². The molecule has 2 heterocycles. The first kappa shape index (κ1) is 15.6. The van der Waals surface area contributed by atoms with Gasteiger partial charge >= 0.3 is 0 Å². The second kappa shape index (κ2) is 7.31. The predicted octanol–water partition coefficient (Wildman–Crippen LogP) is 3.45. The van der Waals surface area contributed by atoms with E-state index in [1.807, 2.05) is 42.7 Å². The molecule has 3 aromatic rings. The molecule has 23 heavy (non-hydrogen) atoms. The standard InChI is InChI=1S/C19H21N3O/c1-22(19(14-23-2)18-9-5-6-11-20-18)13-15-10-12-21-17-8-4-3-7-16(15)17/h3-12,19H,13-14H2,1-2H3/t19-/m1/s1. The van der Waals surface area contributed by atoms with E-state index in [4.69, 9.17) is 4.74 Å². The summed E-state index contributed by atoms with van der Waals surface area (Å²) < 4.78 is 5.41. The third-order valence-corrected chi connectivity index (χ3v) is 4.04. The molecule has 2 aromatic heterocycles.